The maximum Gasteiger partial charge on any atom is 0.156 e. The van der Waals surface area contributed by atoms with E-state index >= 15 is 0 Å². The summed E-state index contributed by atoms with van der Waals surface area (Å²) in [4.78, 5) is 8.91. The second-order valence-electron chi connectivity index (χ2n) is 9.45. The fourth-order valence-corrected chi connectivity index (χ4v) is 4.38. The van der Waals surface area contributed by atoms with E-state index in [1.54, 1.807) is 40.1 Å². The first kappa shape index (κ1) is 23.1. The van der Waals surface area contributed by atoms with Crippen LogP contribution in [0.2, 0.25) is 0 Å². The standard InChI is InChI=1S/C27H28N2O3S/c1-26(2,30)24-12-11-21(17-29-24)18-8-6-9-19(14-18)22-15-20-10-7-13-28-25(20)23(16-22)27(3,4)33(5,31)32/h6-17,30H,1-5H3. The lowest BCUT2D eigenvalue weighted by molar-refractivity contribution is 0.0739. The van der Waals surface area contributed by atoms with Crippen molar-refractivity contribution >= 4 is 20.7 Å². The van der Waals surface area contributed by atoms with Crippen molar-refractivity contribution in [2.24, 2.45) is 0 Å². The number of aliphatic hydroxyl groups is 1. The monoisotopic (exact) mass is 460 g/mol. The van der Waals surface area contributed by atoms with Gasteiger partial charge in [0.1, 0.15) is 5.60 Å². The summed E-state index contributed by atoms with van der Waals surface area (Å²) in [5.41, 5.74) is 4.79. The molecule has 1 N–H and O–H groups in total. The molecule has 0 aliphatic carbocycles. The van der Waals surface area contributed by atoms with Crippen molar-refractivity contribution in [1.82, 2.24) is 9.97 Å². The zero-order chi connectivity index (χ0) is 24.0. The molecule has 0 atom stereocenters. The molecule has 2 aromatic heterocycles. The maximum atomic E-state index is 12.6. The van der Waals surface area contributed by atoms with Crippen LogP contribution in [0.15, 0.2) is 73.1 Å². The molecule has 2 heterocycles. The molecule has 170 valence electrons. The summed E-state index contributed by atoms with van der Waals surface area (Å²) >= 11 is 0. The Hall–Kier alpha value is -3.09. The normalized spacial score (nSPS) is 12.8. The first-order valence-corrected chi connectivity index (χ1v) is 12.7. The fraction of sp³-hybridized carbons (Fsp3) is 0.259. The molecule has 6 heteroatoms. The van der Waals surface area contributed by atoms with Crippen LogP contribution >= 0.6 is 0 Å². The molecule has 4 rings (SSSR count). The topological polar surface area (TPSA) is 80.1 Å². The van der Waals surface area contributed by atoms with E-state index in [9.17, 15) is 13.5 Å². The van der Waals surface area contributed by atoms with Gasteiger partial charge >= 0.3 is 0 Å². The molecule has 0 saturated carbocycles. The van der Waals surface area contributed by atoms with Gasteiger partial charge in [0, 0.05) is 29.6 Å². The number of aromatic nitrogens is 2. The van der Waals surface area contributed by atoms with Crippen LogP contribution in [0, 0.1) is 0 Å². The van der Waals surface area contributed by atoms with E-state index < -0.39 is 20.2 Å². The van der Waals surface area contributed by atoms with Crippen LogP contribution in [0.4, 0.5) is 0 Å². The van der Waals surface area contributed by atoms with Gasteiger partial charge in [-0.3, -0.25) is 9.97 Å². The Labute approximate surface area is 195 Å². The van der Waals surface area contributed by atoms with Gasteiger partial charge < -0.3 is 5.11 Å². The van der Waals surface area contributed by atoms with E-state index in [1.165, 1.54) is 6.26 Å². The van der Waals surface area contributed by atoms with Crippen LogP contribution in [0.3, 0.4) is 0 Å². The molecule has 0 amide bonds. The third-order valence-electron chi connectivity index (χ3n) is 6.20. The number of fused-ring (bicyclic) bond motifs is 1. The summed E-state index contributed by atoms with van der Waals surface area (Å²) in [6.07, 6.45) is 4.71. The van der Waals surface area contributed by atoms with Crippen LogP contribution in [-0.2, 0) is 20.2 Å². The summed E-state index contributed by atoms with van der Waals surface area (Å²) < 4.78 is 24.2. The molecule has 33 heavy (non-hydrogen) atoms. The molecule has 0 fully saturated rings. The lowest BCUT2D eigenvalue weighted by Gasteiger charge is -2.25. The highest BCUT2D eigenvalue weighted by atomic mass is 32.2. The number of rotatable bonds is 5. The first-order valence-electron chi connectivity index (χ1n) is 10.8. The molecule has 0 radical (unpaired) electrons. The highest BCUT2D eigenvalue weighted by Gasteiger charge is 2.34. The number of hydrogen-bond acceptors (Lipinski definition) is 5. The van der Waals surface area contributed by atoms with Crippen molar-refractivity contribution in [2.75, 3.05) is 6.26 Å². The maximum absolute atomic E-state index is 12.6. The van der Waals surface area contributed by atoms with Gasteiger partial charge in [0.05, 0.1) is 16.0 Å². The van der Waals surface area contributed by atoms with E-state index in [0.29, 0.717) is 16.8 Å². The quantitative estimate of drug-likeness (QED) is 0.427. The number of benzene rings is 2. The zero-order valence-corrected chi connectivity index (χ0v) is 20.3. The van der Waals surface area contributed by atoms with E-state index in [-0.39, 0.29) is 0 Å². The largest absolute Gasteiger partial charge is 0.384 e. The zero-order valence-electron chi connectivity index (χ0n) is 19.5. The van der Waals surface area contributed by atoms with E-state index in [0.717, 1.165) is 27.6 Å². The van der Waals surface area contributed by atoms with Gasteiger partial charge in [0.15, 0.2) is 9.84 Å². The van der Waals surface area contributed by atoms with Gasteiger partial charge in [-0.2, -0.15) is 0 Å². The molecule has 0 aliphatic rings. The van der Waals surface area contributed by atoms with E-state index in [1.807, 2.05) is 54.6 Å². The van der Waals surface area contributed by atoms with Crippen molar-refractivity contribution < 1.29 is 13.5 Å². The Morgan fingerprint density at radius 1 is 0.788 bits per heavy atom. The number of sulfone groups is 1. The highest BCUT2D eigenvalue weighted by Crippen LogP contribution is 2.37. The second-order valence-corrected chi connectivity index (χ2v) is 12.0. The summed E-state index contributed by atoms with van der Waals surface area (Å²) in [5.74, 6) is 0. The minimum Gasteiger partial charge on any atom is -0.384 e. The molecule has 0 saturated heterocycles. The van der Waals surface area contributed by atoms with Gasteiger partial charge in [-0.25, -0.2) is 8.42 Å². The molecule has 5 nitrogen and oxygen atoms in total. The molecular weight excluding hydrogens is 432 g/mol. The molecule has 2 aromatic carbocycles. The lowest BCUT2D eigenvalue weighted by atomic mass is 9.92. The van der Waals surface area contributed by atoms with Crippen LogP contribution in [0.25, 0.3) is 33.2 Å². The number of hydrogen-bond donors (Lipinski definition) is 1. The predicted octanol–water partition coefficient (Wildman–Crippen LogP) is 5.47. The van der Waals surface area contributed by atoms with Gasteiger partial charge in [-0.05, 0) is 80.3 Å². The third-order valence-corrected chi connectivity index (χ3v) is 8.27. The molecule has 0 unspecified atom stereocenters. The van der Waals surface area contributed by atoms with Crippen LogP contribution in [0.5, 0.6) is 0 Å². The molecule has 0 spiro atoms. The van der Waals surface area contributed by atoms with Gasteiger partial charge in [0.25, 0.3) is 0 Å². The minimum atomic E-state index is -3.38. The average Bonchev–Trinajstić information content (AvgIpc) is 2.77. The third kappa shape index (κ3) is 4.41. The summed E-state index contributed by atoms with van der Waals surface area (Å²) in [5, 5.41) is 11.1. The van der Waals surface area contributed by atoms with E-state index in [4.69, 9.17) is 0 Å². The van der Waals surface area contributed by atoms with Crippen molar-refractivity contribution in [2.45, 2.75) is 38.0 Å². The summed E-state index contributed by atoms with van der Waals surface area (Å²) in [6, 6.07) is 19.6. The average molecular weight is 461 g/mol. The highest BCUT2D eigenvalue weighted by molar-refractivity contribution is 7.91. The lowest BCUT2D eigenvalue weighted by Crippen LogP contribution is -2.28. The van der Waals surface area contributed by atoms with Crippen molar-refractivity contribution in [3.8, 4) is 22.3 Å². The Bertz CT molecular complexity index is 1430. The van der Waals surface area contributed by atoms with Crippen molar-refractivity contribution in [3.05, 3.63) is 84.3 Å². The number of pyridine rings is 2. The van der Waals surface area contributed by atoms with Crippen LogP contribution < -0.4 is 0 Å². The summed E-state index contributed by atoms with van der Waals surface area (Å²) in [6.45, 7) is 6.86. The van der Waals surface area contributed by atoms with Crippen LogP contribution in [0.1, 0.15) is 39.0 Å². The Kier molecular flexibility index (Phi) is 5.63. The Balaban J connectivity index is 1.85. The van der Waals surface area contributed by atoms with Gasteiger partial charge in [-0.1, -0.05) is 30.3 Å². The van der Waals surface area contributed by atoms with Crippen molar-refractivity contribution in [3.63, 3.8) is 0 Å². The first-order chi connectivity index (χ1) is 15.4. The van der Waals surface area contributed by atoms with E-state index in [2.05, 4.69) is 16.0 Å². The molecule has 0 bridgehead atoms. The van der Waals surface area contributed by atoms with Crippen LogP contribution in [-0.4, -0.2) is 29.7 Å². The minimum absolute atomic E-state index is 0.608. The van der Waals surface area contributed by atoms with Gasteiger partial charge in [-0.15, -0.1) is 0 Å². The number of nitrogens with zero attached hydrogens (tertiary/aromatic N) is 2. The molecular formula is C27H28N2O3S. The SMILES string of the molecule is CC(C)(O)c1ccc(-c2cccc(-c3cc(C(C)(C)S(C)(=O)=O)c4ncccc4c3)c2)cn1. The van der Waals surface area contributed by atoms with Gasteiger partial charge in [0.2, 0.25) is 0 Å². The van der Waals surface area contributed by atoms with Crippen molar-refractivity contribution in [1.29, 1.82) is 0 Å². The fourth-order valence-electron chi connectivity index (χ4n) is 3.82. The summed E-state index contributed by atoms with van der Waals surface area (Å²) in [7, 11) is -3.38. The second kappa shape index (κ2) is 8.04. The Morgan fingerprint density at radius 2 is 1.48 bits per heavy atom. The molecule has 4 aromatic rings. The predicted molar refractivity (Wildman–Crippen MR) is 134 cm³/mol. The smallest absolute Gasteiger partial charge is 0.156 e. The Morgan fingerprint density at radius 3 is 2.09 bits per heavy atom. The molecule has 0 aliphatic heterocycles.